The van der Waals surface area contributed by atoms with Gasteiger partial charge in [-0.05, 0) is 31.6 Å². The summed E-state index contributed by atoms with van der Waals surface area (Å²) in [5, 5.41) is 4.98. The van der Waals surface area contributed by atoms with E-state index in [2.05, 4.69) is 10.1 Å². The molecule has 0 bridgehead atoms. The highest BCUT2D eigenvalue weighted by Gasteiger charge is 2.50. The molecule has 0 unspecified atom stereocenters. The molecule has 1 aliphatic heterocycles. The number of rotatable bonds is 4. The average Bonchev–Trinajstić information content (AvgIpc) is 3.18. The fourth-order valence-electron chi connectivity index (χ4n) is 4.32. The molecule has 7 heteroatoms. The molecule has 25 heavy (non-hydrogen) atoms. The quantitative estimate of drug-likeness (QED) is 0.848. The third-order valence-corrected chi connectivity index (χ3v) is 5.60. The van der Waals surface area contributed by atoms with E-state index in [1.165, 1.54) is 0 Å². The average molecular weight is 344 g/mol. The smallest absolute Gasteiger partial charge is 0.259 e. The summed E-state index contributed by atoms with van der Waals surface area (Å²) < 4.78 is 12.9. The van der Waals surface area contributed by atoms with Gasteiger partial charge in [0.25, 0.3) is 5.91 Å². The van der Waals surface area contributed by atoms with E-state index in [9.17, 15) is 4.79 Å². The van der Waals surface area contributed by atoms with E-state index in [1.807, 2.05) is 18.9 Å². The van der Waals surface area contributed by atoms with Crippen LogP contribution >= 0.6 is 0 Å². The molecule has 0 N–H and O–H groups in total. The van der Waals surface area contributed by atoms with Crippen LogP contribution in [0.15, 0.2) is 12.4 Å². The second-order valence-corrected chi connectivity index (χ2v) is 7.17. The summed E-state index contributed by atoms with van der Waals surface area (Å²) in [5.74, 6) is 0.552. The van der Waals surface area contributed by atoms with Gasteiger partial charge < -0.3 is 14.4 Å². The third-order valence-electron chi connectivity index (χ3n) is 5.60. The maximum absolute atomic E-state index is 13.1. The SMILES string of the molecule is CCOC1CC2(CCN(C(=O)c3cnc4c(cnn4C)c3OC)C2)C1. The Hall–Kier alpha value is -2.15. The van der Waals surface area contributed by atoms with E-state index < -0.39 is 0 Å². The van der Waals surface area contributed by atoms with Crippen LogP contribution < -0.4 is 4.74 Å². The van der Waals surface area contributed by atoms with Gasteiger partial charge in [-0.15, -0.1) is 0 Å². The Morgan fingerprint density at radius 2 is 2.20 bits per heavy atom. The van der Waals surface area contributed by atoms with Gasteiger partial charge in [0.05, 0.1) is 24.8 Å². The number of pyridine rings is 1. The Morgan fingerprint density at radius 3 is 2.92 bits per heavy atom. The molecule has 1 aliphatic carbocycles. The fraction of sp³-hybridized carbons (Fsp3) is 0.611. The molecule has 0 atom stereocenters. The van der Waals surface area contributed by atoms with Crippen molar-refractivity contribution >= 4 is 16.9 Å². The number of fused-ring (bicyclic) bond motifs is 1. The number of aromatic nitrogens is 3. The molecular formula is C18H24N4O3. The van der Waals surface area contributed by atoms with Crippen molar-refractivity contribution in [3.8, 4) is 5.75 Å². The van der Waals surface area contributed by atoms with Crippen LogP contribution in [0.2, 0.25) is 0 Å². The zero-order chi connectivity index (χ0) is 17.6. The minimum absolute atomic E-state index is 0.00756. The molecule has 134 valence electrons. The van der Waals surface area contributed by atoms with Crippen LogP contribution in [0, 0.1) is 5.41 Å². The van der Waals surface area contributed by atoms with Gasteiger partial charge in [-0.25, -0.2) is 4.98 Å². The molecular weight excluding hydrogens is 320 g/mol. The number of ether oxygens (including phenoxy) is 2. The summed E-state index contributed by atoms with van der Waals surface area (Å²) in [6, 6.07) is 0. The molecule has 1 amide bonds. The lowest BCUT2D eigenvalue weighted by Crippen LogP contribution is -2.45. The number of amides is 1. The van der Waals surface area contributed by atoms with Crippen LogP contribution in [0.4, 0.5) is 0 Å². The van der Waals surface area contributed by atoms with Crippen molar-refractivity contribution in [2.24, 2.45) is 12.5 Å². The van der Waals surface area contributed by atoms with Gasteiger partial charge in [0.15, 0.2) is 5.65 Å². The van der Waals surface area contributed by atoms with E-state index in [1.54, 1.807) is 24.2 Å². The molecule has 2 aliphatic rings. The summed E-state index contributed by atoms with van der Waals surface area (Å²) in [6.07, 6.45) is 6.83. The van der Waals surface area contributed by atoms with E-state index in [-0.39, 0.29) is 11.3 Å². The maximum Gasteiger partial charge on any atom is 0.259 e. The second-order valence-electron chi connectivity index (χ2n) is 7.17. The van der Waals surface area contributed by atoms with Crippen molar-refractivity contribution in [2.45, 2.75) is 32.3 Å². The summed E-state index contributed by atoms with van der Waals surface area (Å²) in [5.41, 5.74) is 1.47. The van der Waals surface area contributed by atoms with E-state index in [4.69, 9.17) is 9.47 Å². The number of hydrogen-bond donors (Lipinski definition) is 0. The maximum atomic E-state index is 13.1. The number of methoxy groups -OCH3 is 1. The van der Waals surface area contributed by atoms with Gasteiger partial charge >= 0.3 is 0 Å². The largest absolute Gasteiger partial charge is 0.495 e. The first kappa shape index (κ1) is 16.3. The molecule has 1 spiro atoms. The zero-order valence-corrected chi connectivity index (χ0v) is 15.0. The lowest BCUT2D eigenvalue weighted by Gasteiger charge is -2.44. The lowest BCUT2D eigenvalue weighted by molar-refractivity contribution is -0.0707. The van der Waals surface area contributed by atoms with Crippen molar-refractivity contribution in [1.29, 1.82) is 0 Å². The third kappa shape index (κ3) is 2.57. The minimum atomic E-state index is -0.00756. The van der Waals surface area contributed by atoms with E-state index >= 15 is 0 Å². The van der Waals surface area contributed by atoms with Crippen molar-refractivity contribution in [1.82, 2.24) is 19.7 Å². The van der Waals surface area contributed by atoms with Gasteiger partial charge in [0.1, 0.15) is 11.3 Å². The predicted octanol–water partition coefficient (Wildman–Crippen LogP) is 2.01. The zero-order valence-electron chi connectivity index (χ0n) is 15.0. The molecule has 0 radical (unpaired) electrons. The molecule has 1 saturated heterocycles. The summed E-state index contributed by atoms with van der Waals surface area (Å²) in [6.45, 7) is 4.37. The van der Waals surface area contributed by atoms with Gasteiger partial charge in [0, 0.05) is 32.9 Å². The monoisotopic (exact) mass is 344 g/mol. The molecule has 2 aromatic heterocycles. The van der Waals surface area contributed by atoms with Gasteiger partial charge in [0.2, 0.25) is 0 Å². The van der Waals surface area contributed by atoms with Crippen molar-refractivity contribution in [3.63, 3.8) is 0 Å². The van der Waals surface area contributed by atoms with Crippen molar-refractivity contribution in [2.75, 3.05) is 26.8 Å². The molecule has 3 heterocycles. The number of hydrogen-bond acceptors (Lipinski definition) is 5. The molecule has 2 fully saturated rings. The highest BCUT2D eigenvalue weighted by molar-refractivity contribution is 6.02. The summed E-state index contributed by atoms with van der Waals surface area (Å²) in [4.78, 5) is 19.4. The Morgan fingerprint density at radius 1 is 1.40 bits per heavy atom. The first-order valence-corrected chi connectivity index (χ1v) is 8.82. The van der Waals surface area contributed by atoms with Crippen LogP contribution in [0.1, 0.15) is 36.5 Å². The first-order valence-electron chi connectivity index (χ1n) is 8.82. The summed E-state index contributed by atoms with van der Waals surface area (Å²) >= 11 is 0. The molecule has 2 aromatic rings. The van der Waals surface area contributed by atoms with Crippen LogP contribution in [0.5, 0.6) is 5.75 Å². The Labute approximate surface area is 146 Å². The standard InChI is InChI=1S/C18H24N4O3/c1-4-25-12-7-18(8-12)5-6-22(11-18)17(23)14-9-19-16-13(15(14)24-3)10-20-21(16)2/h9-10,12H,4-8,11H2,1-3H3. The second kappa shape index (κ2) is 5.98. The number of aryl methyl sites for hydroxylation is 1. The lowest BCUT2D eigenvalue weighted by atomic mass is 9.66. The van der Waals surface area contributed by atoms with E-state index in [0.717, 1.165) is 44.3 Å². The number of carbonyl (C=O) groups is 1. The molecule has 1 saturated carbocycles. The van der Waals surface area contributed by atoms with Crippen LogP contribution in [0.25, 0.3) is 11.0 Å². The highest BCUT2D eigenvalue weighted by Crippen LogP contribution is 2.49. The Bertz CT molecular complexity index is 810. The number of carbonyl (C=O) groups excluding carboxylic acids is 1. The number of nitrogens with zero attached hydrogens (tertiary/aromatic N) is 4. The van der Waals surface area contributed by atoms with Crippen molar-refractivity contribution < 1.29 is 14.3 Å². The van der Waals surface area contributed by atoms with Gasteiger partial charge in [-0.1, -0.05) is 0 Å². The van der Waals surface area contributed by atoms with E-state index in [0.29, 0.717) is 23.1 Å². The van der Waals surface area contributed by atoms with Crippen molar-refractivity contribution in [3.05, 3.63) is 18.0 Å². The number of likely N-dealkylation sites (tertiary alicyclic amines) is 1. The van der Waals surface area contributed by atoms with Crippen LogP contribution in [-0.2, 0) is 11.8 Å². The fourth-order valence-corrected chi connectivity index (χ4v) is 4.32. The van der Waals surface area contributed by atoms with Crippen LogP contribution in [0.3, 0.4) is 0 Å². The van der Waals surface area contributed by atoms with Gasteiger partial charge in [-0.3, -0.25) is 9.48 Å². The summed E-state index contributed by atoms with van der Waals surface area (Å²) in [7, 11) is 3.41. The minimum Gasteiger partial charge on any atom is -0.495 e. The Balaban J connectivity index is 1.55. The predicted molar refractivity (Wildman–Crippen MR) is 92.7 cm³/mol. The molecule has 7 nitrogen and oxygen atoms in total. The normalized spacial score (nSPS) is 25.6. The first-order chi connectivity index (χ1) is 12.1. The highest BCUT2D eigenvalue weighted by atomic mass is 16.5. The molecule has 4 rings (SSSR count). The molecule has 0 aromatic carbocycles. The topological polar surface area (TPSA) is 69.5 Å². The van der Waals surface area contributed by atoms with Gasteiger partial charge in [-0.2, -0.15) is 5.10 Å². The van der Waals surface area contributed by atoms with Crippen LogP contribution in [-0.4, -0.2) is 58.5 Å². The Kier molecular flexibility index (Phi) is 3.91.